The van der Waals surface area contributed by atoms with Crippen molar-refractivity contribution in [2.75, 3.05) is 13.7 Å². The molecule has 0 saturated heterocycles. The molecule has 8 heteroatoms. The van der Waals surface area contributed by atoms with Crippen LogP contribution in [0.3, 0.4) is 0 Å². The Morgan fingerprint density at radius 2 is 2.19 bits per heavy atom. The third-order valence-electron chi connectivity index (χ3n) is 5.25. The number of hydrogen-bond acceptors (Lipinski definition) is 5. The number of hydrogen-bond donors (Lipinski definition) is 1. The van der Waals surface area contributed by atoms with Gasteiger partial charge in [-0.15, -0.1) is 0 Å². The van der Waals surface area contributed by atoms with E-state index in [0.717, 1.165) is 30.7 Å². The Hall–Kier alpha value is -2.90. The molecule has 3 heterocycles. The second kappa shape index (κ2) is 7.38. The first-order valence-corrected chi connectivity index (χ1v) is 9.27. The number of methoxy groups -OCH3 is 1. The van der Waals surface area contributed by atoms with Gasteiger partial charge >= 0.3 is 0 Å². The summed E-state index contributed by atoms with van der Waals surface area (Å²) in [7, 11) is 1.49. The number of nitrogens with one attached hydrogen (secondary N) is 1. The van der Waals surface area contributed by atoms with Crippen LogP contribution in [0.1, 0.15) is 41.0 Å². The van der Waals surface area contributed by atoms with Crippen LogP contribution in [-0.2, 0) is 24.4 Å². The number of fused-ring (bicyclic) bond motifs is 1. The lowest BCUT2D eigenvalue weighted by molar-refractivity contribution is -0.139. The van der Waals surface area contributed by atoms with Crippen molar-refractivity contribution in [3.05, 3.63) is 41.3 Å². The highest BCUT2D eigenvalue weighted by molar-refractivity contribution is 5.96. The van der Waals surface area contributed by atoms with E-state index >= 15 is 0 Å². The molecule has 142 valence electrons. The monoisotopic (exact) mass is 369 g/mol. The molecule has 0 radical (unpaired) electrons. The van der Waals surface area contributed by atoms with Crippen molar-refractivity contribution in [1.82, 2.24) is 25.0 Å². The van der Waals surface area contributed by atoms with Gasteiger partial charge in [0.15, 0.2) is 0 Å². The Morgan fingerprint density at radius 3 is 2.93 bits per heavy atom. The maximum Gasteiger partial charge on any atom is 0.257 e. The zero-order chi connectivity index (χ0) is 18.8. The molecule has 1 aliphatic carbocycles. The fourth-order valence-corrected chi connectivity index (χ4v) is 3.51. The average Bonchev–Trinajstić information content (AvgIpc) is 3.06. The lowest BCUT2D eigenvalue weighted by atomic mass is 9.84. The highest BCUT2D eigenvalue weighted by atomic mass is 16.5. The van der Waals surface area contributed by atoms with Gasteiger partial charge in [-0.2, -0.15) is 5.10 Å². The molecule has 2 aromatic rings. The van der Waals surface area contributed by atoms with Gasteiger partial charge in [-0.3, -0.25) is 14.3 Å². The van der Waals surface area contributed by atoms with Crippen LogP contribution in [-0.4, -0.2) is 45.1 Å². The molecule has 0 aromatic carbocycles. The van der Waals surface area contributed by atoms with Crippen LogP contribution in [0.2, 0.25) is 0 Å². The molecule has 1 N–H and O–H groups in total. The summed E-state index contributed by atoms with van der Waals surface area (Å²) in [6.45, 7) is 2.29. The maximum atomic E-state index is 12.5. The molecule has 0 bridgehead atoms. The number of pyridine rings is 1. The van der Waals surface area contributed by atoms with E-state index in [4.69, 9.17) is 4.74 Å². The van der Waals surface area contributed by atoms with Crippen LogP contribution >= 0.6 is 0 Å². The Balaban J connectivity index is 1.38. The van der Waals surface area contributed by atoms with Gasteiger partial charge in [0.2, 0.25) is 11.8 Å². The van der Waals surface area contributed by atoms with Gasteiger partial charge in [-0.1, -0.05) is 6.42 Å². The summed E-state index contributed by atoms with van der Waals surface area (Å²) in [6.07, 6.45) is 4.77. The summed E-state index contributed by atoms with van der Waals surface area (Å²) < 4.78 is 7.05. The summed E-state index contributed by atoms with van der Waals surface area (Å²) in [5.74, 6) is 0.525. The molecule has 0 atom stereocenters. The lowest BCUT2D eigenvalue weighted by Gasteiger charge is -2.34. The minimum atomic E-state index is -0.257. The quantitative estimate of drug-likeness (QED) is 0.860. The number of nitrogens with zero attached hydrogens (tertiary/aromatic N) is 4. The Morgan fingerprint density at radius 1 is 1.33 bits per heavy atom. The van der Waals surface area contributed by atoms with Crippen molar-refractivity contribution in [2.24, 2.45) is 5.92 Å². The molecule has 4 rings (SSSR count). The fraction of sp³-hybridized carbons (Fsp3) is 0.474. The summed E-state index contributed by atoms with van der Waals surface area (Å²) in [5, 5.41) is 7.40. The SMILES string of the molecule is COc1ncccc1C(=O)NCc1cc2n(n1)CCN(C(=O)C1CCC1)C2. The Kier molecular flexibility index (Phi) is 4.79. The van der Waals surface area contributed by atoms with Crippen LogP contribution in [0.25, 0.3) is 0 Å². The summed E-state index contributed by atoms with van der Waals surface area (Å²) in [5.41, 5.74) is 2.18. The first-order chi connectivity index (χ1) is 13.2. The van der Waals surface area contributed by atoms with Crippen LogP contribution in [0.5, 0.6) is 5.88 Å². The third-order valence-corrected chi connectivity index (χ3v) is 5.25. The number of ether oxygens (including phenoxy) is 1. The molecule has 8 nitrogen and oxygen atoms in total. The van der Waals surface area contributed by atoms with Crippen molar-refractivity contribution in [2.45, 2.75) is 38.9 Å². The highest BCUT2D eigenvalue weighted by Crippen LogP contribution is 2.29. The number of carbonyl (C=O) groups excluding carboxylic acids is 2. The van der Waals surface area contributed by atoms with Crippen LogP contribution in [0.15, 0.2) is 24.4 Å². The normalized spacial score (nSPS) is 16.4. The van der Waals surface area contributed by atoms with E-state index in [1.807, 2.05) is 15.6 Å². The first kappa shape index (κ1) is 17.5. The molecule has 1 saturated carbocycles. The molecule has 0 unspecified atom stereocenters. The maximum absolute atomic E-state index is 12.5. The summed E-state index contributed by atoms with van der Waals surface area (Å²) in [6, 6.07) is 5.32. The number of carbonyl (C=O) groups is 2. The van der Waals surface area contributed by atoms with Gasteiger partial charge in [0.05, 0.1) is 38.1 Å². The largest absolute Gasteiger partial charge is 0.480 e. The van der Waals surface area contributed by atoms with Gasteiger partial charge in [-0.05, 0) is 31.0 Å². The molecule has 27 heavy (non-hydrogen) atoms. The van der Waals surface area contributed by atoms with Gasteiger partial charge < -0.3 is 15.0 Å². The number of rotatable bonds is 5. The van der Waals surface area contributed by atoms with Crippen LogP contribution in [0.4, 0.5) is 0 Å². The molecule has 1 aliphatic heterocycles. The smallest absolute Gasteiger partial charge is 0.257 e. The van der Waals surface area contributed by atoms with Gasteiger partial charge in [0.25, 0.3) is 5.91 Å². The third kappa shape index (κ3) is 3.51. The highest BCUT2D eigenvalue weighted by Gasteiger charge is 2.31. The van der Waals surface area contributed by atoms with Gasteiger partial charge in [0, 0.05) is 18.7 Å². The van der Waals surface area contributed by atoms with Gasteiger partial charge in [-0.25, -0.2) is 4.98 Å². The molecular weight excluding hydrogens is 346 g/mol. The van der Waals surface area contributed by atoms with E-state index in [0.29, 0.717) is 37.6 Å². The van der Waals surface area contributed by atoms with E-state index < -0.39 is 0 Å². The molecule has 0 spiro atoms. The molecule has 2 aliphatic rings. The van der Waals surface area contributed by atoms with Crippen molar-refractivity contribution >= 4 is 11.8 Å². The topological polar surface area (TPSA) is 89.3 Å². The summed E-state index contributed by atoms with van der Waals surface area (Å²) in [4.78, 5) is 30.8. The van der Waals surface area contributed by atoms with E-state index in [9.17, 15) is 9.59 Å². The lowest BCUT2D eigenvalue weighted by Crippen LogP contribution is -2.43. The Bertz CT molecular complexity index is 859. The van der Waals surface area contributed by atoms with E-state index in [-0.39, 0.29) is 17.7 Å². The van der Waals surface area contributed by atoms with Crippen molar-refractivity contribution in [3.8, 4) is 5.88 Å². The van der Waals surface area contributed by atoms with E-state index in [1.165, 1.54) is 7.11 Å². The van der Waals surface area contributed by atoms with Crippen molar-refractivity contribution in [1.29, 1.82) is 0 Å². The predicted octanol–water partition coefficient (Wildman–Crippen LogP) is 1.36. The summed E-state index contributed by atoms with van der Waals surface area (Å²) >= 11 is 0. The Labute approximate surface area is 157 Å². The second-order valence-corrected chi connectivity index (χ2v) is 6.98. The van der Waals surface area contributed by atoms with E-state index in [1.54, 1.807) is 18.3 Å². The van der Waals surface area contributed by atoms with Crippen LogP contribution < -0.4 is 10.1 Å². The second-order valence-electron chi connectivity index (χ2n) is 6.98. The zero-order valence-electron chi connectivity index (χ0n) is 15.4. The zero-order valence-corrected chi connectivity index (χ0v) is 15.4. The molecule has 2 amide bonds. The number of aromatic nitrogens is 3. The molecular formula is C19H23N5O3. The van der Waals surface area contributed by atoms with Gasteiger partial charge in [0.1, 0.15) is 5.56 Å². The standard InChI is InChI=1S/C19H23N5O3/c1-27-18-16(6-3-7-20-18)17(25)21-11-14-10-15-12-23(8-9-24(15)22-14)19(26)13-4-2-5-13/h3,6-7,10,13H,2,4-5,8-9,11-12H2,1H3,(H,21,25). The molecule has 1 fully saturated rings. The number of amides is 2. The van der Waals surface area contributed by atoms with Crippen molar-refractivity contribution in [3.63, 3.8) is 0 Å². The minimum absolute atomic E-state index is 0.215. The average molecular weight is 369 g/mol. The predicted molar refractivity (Wildman–Crippen MR) is 96.9 cm³/mol. The van der Waals surface area contributed by atoms with Crippen LogP contribution in [0, 0.1) is 5.92 Å². The van der Waals surface area contributed by atoms with E-state index in [2.05, 4.69) is 15.4 Å². The fourth-order valence-electron chi connectivity index (χ4n) is 3.51. The van der Waals surface area contributed by atoms with Crippen molar-refractivity contribution < 1.29 is 14.3 Å². The molecule has 2 aromatic heterocycles. The first-order valence-electron chi connectivity index (χ1n) is 9.27. The minimum Gasteiger partial charge on any atom is -0.480 e.